The van der Waals surface area contributed by atoms with Crippen molar-refractivity contribution < 1.29 is 14.3 Å². The van der Waals surface area contributed by atoms with Crippen LogP contribution in [0.1, 0.15) is 13.3 Å². The van der Waals surface area contributed by atoms with E-state index in [1.165, 1.54) is 0 Å². The van der Waals surface area contributed by atoms with Crippen molar-refractivity contribution in [1.29, 1.82) is 0 Å². The summed E-state index contributed by atoms with van der Waals surface area (Å²) < 4.78 is 4.36. The van der Waals surface area contributed by atoms with E-state index in [1.807, 2.05) is 0 Å². The maximum atomic E-state index is 10.8. The number of ketones is 1. The van der Waals surface area contributed by atoms with Crippen LogP contribution in [0.25, 0.3) is 0 Å². The normalized spacial score (nSPS) is 8.92. The Morgan fingerprint density at radius 1 is 1.42 bits per heavy atom. The highest BCUT2D eigenvalue weighted by Gasteiger charge is 2.07. The summed E-state index contributed by atoms with van der Waals surface area (Å²) in [5.41, 5.74) is 0. The molecule has 0 amide bonds. The minimum Gasteiger partial charge on any atom is -0.466 e. The smallest absolute Gasteiger partial charge is 0.313 e. The van der Waals surface area contributed by atoms with Gasteiger partial charge in [-0.1, -0.05) is 23.2 Å². The van der Waals surface area contributed by atoms with Crippen LogP contribution < -0.4 is 0 Å². The molecule has 0 bridgehead atoms. The van der Waals surface area contributed by atoms with Crippen molar-refractivity contribution in [3.05, 3.63) is 10.6 Å². The van der Waals surface area contributed by atoms with E-state index in [0.29, 0.717) is 0 Å². The Bertz CT molecular complexity index is 207. The summed E-state index contributed by atoms with van der Waals surface area (Å²) in [5, 5.41) is 0. The Hall–Kier alpha value is -0.540. The minimum atomic E-state index is -0.576. The van der Waals surface area contributed by atoms with Gasteiger partial charge in [0, 0.05) is 6.08 Å². The molecular formula is C7H8Cl2O3. The molecule has 0 heterocycles. The number of allylic oxidation sites excluding steroid dienone is 1. The molecular weight excluding hydrogens is 203 g/mol. The second-order valence-corrected chi connectivity index (χ2v) is 2.89. The average Bonchev–Trinajstić information content (AvgIpc) is 1.84. The highest BCUT2D eigenvalue weighted by molar-refractivity contribution is 6.56. The van der Waals surface area contributed by atoms with Crippen molar-refractivity contribution in [3.63, 3.8) is 0 Å². The van der Waals surface area contributed by atoms with Crippen molar-refractivity contribution in [2.45, 2.75) is 13.3 Å². The molecule has 0 N–H and O–H groups in total. The van der Waals surface area contributed by atoms with E-state index < -0.39 is 11.8 Å². The van der Waals surface area contributed by atoms with Crippen LogP contribution in [0.5, 0.6) is 0 Å². The van der Waals surface area contributed by atoms with Gasteiger partial charge in [0.05, 0.1) is 6.61 Å². The van der Waals surface area contributed by atoms with Gasteiger partial charge in [-0.15, -0.1) is 0 Å². The largest absolute Gasteiger partial charge is 0.466 e. The first-order valence-electron chi connectivity index (χ1n) is 3.27. The van der Waals surface area contributed by atoms with Crippen LogP contribution in [-0.4, -0.2) is 18.4 Å². The molecule has 0 rings (SSSR count). The summed E-state index contributed by atoms with van der Waals surface area (Å²) in [5.74, 6) is -1.04. The molecule has 0 aliphatic rings. The predicted molar refractivity (Wildman–Crippen MR) is 46.0 cm³/mol. The molecule has 0 radical (unpaired) electrons. The summed E-state index contributed by atoms with van der Waals surface area (Å²) in [6.07, 6.45) is 0.650. The standard InChI is InChI=1S/C7H8Cl2O3/c1-2-12-7(11)4-5(10)3-6(8)9/h3H,2,4H2,1H3. The van der Waals surface area contributed by atoms with Crippen LogP contribution in [0, 0.1) is 0 Å². The molecule has 0 fully saturated rings. The molecule has 0 atom stereocenters. The van der Waals surface area contributed by atoms with Gasteiger partial charge >= 0.3 is 5.97 Å². The molecule has 0 saturated heterocycles. The Balaban J connectivity index is 3.85. The van der Waals surface area contributed by atoms with Gasteiger partial charge in [-0.05, 0) is 6.92 Å². The van der Waals surface area contributed by atoms with Gasteiger partial charge < -0.3 is 4.74 Å². The molecule has 0 spiro atoms. The lowest BCUT2D eigenvalue weighted by molar-refractivity contribution is -0.144. The van der Waals surface area contributed by atoms with Gasteiger partial charge in [-0.25, -0.2) is 0 Å². The maximum absolute atomic E-state index is 10.8. The van der Waals surface area contributed by atoms with Gasteiger partial charge in [-0.3, -0.25) is 9.59 Å². The number of rotatable bonds is 4. The SMILES string of the molecule is CCOC(=O)CC(=O)C=C(Cl)Cl. The van der Waals surface area contributed by atoms with E-state index in [2.05, 4.69) is 4.74 Å². The minimum absolute atomic E-state index is 0.163. The van der Waals surface area contributed by atoms with E-state index in [1.54, 1.807) is 6.92 Å². The van der Waals surface area contributed by atoms with E-state index in [-0.39, 0.29) is 17.5 Å². The van der Waals surface area contributed by atoms with Crippen LogP contribution in [-0.2, 0) is 14.3 Å². The zero-order valence-corrected chi connectivity index (χ0v) is 7.98. The van der Waals surface area contributed by atoms with Crippen LogP contribution in [0.4, 0.5) is 0 Å². The molecule has 0 aliphatic heterocycles. The van der Waals surface area contributed by atoms with Crippen LogP contribution in [0.2, 0.25) is 0 Å². The summed E-state index contributed by atoms with van der Waals surface area (Å²) in [6.45, 7) is 1.91. The Morgan fingerprint density at radius 2 is 2.00 bits per heavy atom. The van der Waals surface area contributed by atoms with Crippen molar-refractivity contribution in [2.75, 3.05) is 6.61 Å². The zero-order chi connectivity index (χ0) is 9.56. The number of ether oxygens (including phenoxy) is 1. The number of carbonyl (C=O) groups excluding carboxylic acids is 2. The van der Waals surface area contributed by atoms with Crippen molar-refractivity contribution in [2.24, 2.45) is 0 Å². The summed E-state index contributed by atoms with van der Waals surface area (Å²) in [7, 11) is 0. The van der Waals surface area contributed by atoms with E-state index in [9.17, 15) is 9.59 Å². The number of esters is 1. The zero-order valence-electron chi connectivity index (χ0n) is 6.47. The van der Waals surface area contributed by atoms with E-state index in [0.717, 1.165) is 6.08 Å². The van der Waals surface area contributed by atoms with Gasteiger partial charge in [0.1, 0.15) is 10.9 Å². The molecule has 0 aromatic heterocycles. The molecule has 0 saturated carbocycles. The monoisotopic (exact) mass is 210 g/mol. The van der Waals surface area contributed by atoms with Gasteiger partial charge in [-0.2, -0.15) is 0 Å². The topological polar surface area (TPSA) is 43.4 Å². The lowest BCUT2D eigenvalue weighted by atomic mass is 10.3. The molecule has 0 aromatic carbocycles. The fraction of sp³-hybridized carbons (Fsp3) is 0.429. The Kier molecular flexibility index (Phi) is 5.76. The van der Waals surface area contributed by atoms with Crippen molar-refractivity contribution >= 4 is 35.0 Å². The summed E-state index contributed by atoms with van der Waals surface area (Å²) in [6, 6.07) is 0. The van der Waals surface area contributed by atoms with E-state index >= 15 is 0 Å². The summed E-state index contributed by atoms with van der Waals surface area (Å²) in [4.78, 5) is 21.5. The molecule has 0 aromatic rings. The third-order valence-electron chi connectivity index (χ3n) is 0.894. The fourth-order valence-electron chi connectivity index (χ4n) is 0.527. The Labute approximate surface area is 80.3 Å². The number of halogens is 2. The fourth-order valence-corrected chi connectivity index (χ4v) is 0.770. The molecule has 12 heavy (non-hydrogen) atoms. The highest BCUT2D eigenvalue weighted by Crippen LogP contribution is 2.06. The lowest BCUT2D eigenvalue weighted by Crippen LogP contribution is -2.09. The molecule has 0 aliphatic carbocycles. The average molecular weight is 211 g/mol. The number of hydrogen-bond donors (Lipinski definition) is 0. The predicted octanol–water partition coefficient (Wildman–Crippen LogP) is 1.83. The second kappa shape index (κ2) is 6.03. The van der Waals surface area contributed by atoms with Gasteiger partial charge in [0.2, 0.25) is 0 Å². The number of carbonyl (C=O) groups is 2. The lowest BCUT2D eigenvalue weighted by Gasteiger charge is -1.97. The van der Waals surface area contributed by atoms with Crippen LogP contribution in [0.15, 0.2) is 10.6 Å². The van der Waals surface area contributed by atoms with Gasteiger partial charge in [0.25, 0.3) is 0 Å². The Morgan fingerprint density at radius 3 is 2.42 bits per heavy atom. The molecule has 0 unspecified atom stereocenters. The van der Waals surface area contributed by atoms with Crippen LogP contribution in [0.3, 0.4) is 0 Å². The van der Waals surface area contributed by atoms with Crippen molar-refractivity contribution in [1.82, 2.24) is 0 Å². The quantitative estimate of drug-likeness (QED) is 0.404. The molecule has 5 heteroatoms. The second-order valence-electron chi connectivity index (χ2n) is 1.88. The highest BCUT2D eigenvalue weighted by atomic mass is 35.5. The maximum Gasteiger partial charge on any atom is 0.313 e. The first-order valence-corrected chi connectivity index (χ1v) is 4.03. The first-order chi connectivity index (χ1) is 5.56. The summed E-state index contributed by atoms with van der Waals surface area (Å²) >= 11 is 10.4. The molecule has 3 nitrogen and oxygen atoms in total. The van der Waals surface area contributed by atoms with Crippen LogP contribution >= 0.6 is 23.2 Å². The third-order valence-corrected chi connectivity index (χ3v) is 1.11. The first kappa shape index (κ1) is 11.5. The van der Waals surface area contributed by atoms with Gasteiger partial charge in [0.15, 0.2) is 5.78 Å². The molecule has 68 valence electrons. The van der Waals surface area contributed by atoms with Crippen molar-refractivity contribution in [3.8, 4) is 0 Å². The number of hydrogen-bond acceptors (Lipinski definition) is 3. The van der Waals surface area contributed by atoms with E-state index in [4.69, 9.17) is 23.2 Å². The third kappa shape index (κ3) is 6.19.